The summed E-state index contributed by atoms with van der Waals surface area (Å²) >= 11 is 0. The molecule has 1 aromatic heterocycles. The van der Waals surface area contributed by atoms with E-state index in [0.29, 0.717) is 23.5 Å². The van der Waals surface area contributed by atoms with Gasteiger partial charge in [0.05, 0.1) is 5.69 Å². The molecule has 2 aromatic rings. The van der Waals surface area contributed by atoms with E-state index in [1.54, 1.807) is 24.3 Å². The minimum atomic E-state index is -0.348. The standard InChI is InChI=1S/C20H22N4O3/c1-12(25)13-5-7-14(8-6-13)22-20(27)18-23-17(19(26)21-15-9-10-15)16-4-2-3-11-24(16)18/h5-8,15H,2-4,9-11H2,1H3,(H,21,26)(H,22,27). The number of benzene rings is 1. The molecule has 1 aliphatic carbocycles. The number of hydrogen-bond acceptors (Lipinski definition) is 4. The van der Waals surface area contributed by atoms with Crippen LogP contribution >= 0.6 is 0 Å². The molecule has 1 fully saturated rings. The zero-order valence-electron chi connectivity index (χ0n) is 15.2. The van der Waals surface area contributed by atoms with Gasteiger partial charge in [0, 0.05) is 23.8 Å². The van der Waals surface area contributed by atoms with E-state index in [1.165, 1.54) is 6.92 Å². The van der Waals surface area contributed by atoms with Crippen molar-refractivity contribution in [1.82, 2.24) is 14.9 Å². The fourth-order valence-electron chi connectivity index (χ4n) is 3.35. The Labute approximate surface area is 157 Å². The van der Waals surface area contributed by atoms with Crippen LogP contribution in [0.3, 0.4) is 0 Å². The monoisotopic (exact) mass is 366 g/mol. The van der Waals surface area contributed by atoms with Gasteiger partial charge in [0.15, 0.2) is 11.6 Å². The molecule has 27 heavy (non-hydrogen) atoms. The smallest absolute Gasteiger partial charge is 0.291 e. The van der Waals surface area contributed by atoms with Gasteiger partial charge in [-0.1, -0.05) is 0 Å². The Morgan fingerprint density at radius 1 is 1.07 bits per heavy atom. The van der Waals surface area contributed by atoms with Crippen LogP contribution in [0.15, 0.2) is 24.3 Å². The van der Waals surface area contributed by atoms with Crippen LogP contribution in [-0.4, -0.2) is 33.2 Å². The van der Waals surface area contributed by atoms with Crippen molar-refractivity contribution in [3.63, 3.8) is 0 Å². The molecule has 2 heterocycles. The van der Waals surface area contributed by atoms with E-state index in [4.69, 9.17) is 0 Å². The Bertz CT molecular complexity index is 910. The SMILES string of the molecule is CC(=O)c1ccc(NC(=O)c2nc(C(=O)NC3CC3)c3n2CCCC3)cc1. The van der Waals surface area contributed by atoms with E-state index in [1.807, 2.05) is 4.57 Å². The van der Waals surface area contributed by atoms with Gasteiger partial charge in [0.1, 0.15) is 5.69 Å². The quantitative estimate of drug-likeness (QED) is 0.796. The summed E-state index contributed by atoms with van der Waals surface area (Å²) in [5, 5.41) is 5.78. The van der Waals surface area contributed by atoms with E-state index < -0.39 is 0 Å². The highest BCUT2D eigenvalue weighted by molar-refractivity contribution is 6.04. The third-order valence-electron chi connectivity index (χ3n) is 5.00. The lowest BCUT2D eigenvalue weighted by Gasteiger charge is -2.17. The molecular weight excluding hydrogens is 344 g/mol. The van der Waals surface area contributed by atoms with Crippen LogP contribution in [0, 0.1) is 0 Å². The summed E-state index contributed by atoms with van der Waals surface area (Å²) in [5.41, 5.74) is 2.39. The maximum absolute atomic E-state index is 12.8. The number of amides is 2. The average molecular weight is 366 g/mol. The lowest BCUT2D eigenvalue weighted by molar-refractivity contribution is 0.0944. The Kier molecular flexibility index (Phi) is 4.51. The molecule has 1 saturated carbocycles. The fraction of sp³-hybridized carbons (Fsp3) is 0.400. The van der Waals surface area contributed by atoms with E-state index in [2.05, 4.69) is 15.6 Å². The molecular formula is C20H22N4O3. The largest absolute Gasteiger partial charge is 0.348 e. The number of carbonyl (C=O) groups is 3. The first-order chi connectivity index (χ1) is 13.0. The summed E-state index contributed by atoms with van der Waals surface area (Å²) in [5.74, 6) is -0.296. The van der Waals surface area contributed by atoms with Crippen LogP contribution in [-0.2, 0) is 13.0 Å². The topological polar surface area (TPSA) is 93.1 Å². The summed E-state index contributed by atoms with van der Waals surface area (Å²) in [4.78, 5) is 41.1. The summed E-state index contributed by atoms with van der Waals surface area (Å²) in [6, 6.07) is 6.97. The number of nitrogens with zero attached hydrogens (tertiary/aromatic N) is 2. The van der Waals surface area contributed by atoms with Crippen molar-refractivity contribution in [3.05, 3.63) is 47.0 Å². The summed E-state index contributed by atoms with van der Waals surface area (Å²) in [6.07, 6.45) is 4.71. The molecule has 1 aromatic carbocycles. The van der Waals surface area contributed by atoms with Crippen LogP contribution in [0.1, 0.15) is 69.8 Å². The van der Waals surface area contributed by atoms with E-state index in [0.717, 1.165) is 37.8 Å². The molecule has 7 heteroatoms. The Balaban J connectivity index is 1.58. The van der Waals surface area contributed by atoms with Crippen molar-refractivity contribution < 1.29 is 14.4 Å². The molecule has 0 bridgehead atoms. The molecule has 2 N–H and O–H groups in total. The van der Waals surface area contributed by atoms with Gasteiger partial charge >= 0.3 is 0 Å². The second-order valence-corrected chi connectivity index (χ2v) is 7.17. The molecule has 2 aliphatic rings. The Morgan fingerprint density at radius 3 is 2.48 bits per heavy atom. The first-order valence-electron chi connectivity index (χ1n) is 9.35. The number of Topliss-reactive ketones (excluding diaryl/α,β-unsaturated/α-hetero) is 1. The lowest BCUT2D eigenvalue weighted by Crippen LogP contribution is -2.27. The minimum absolute atomic E-state index is 0.0264. The summed E-state index contributed by atoms with van der Waals surface area (Å²) in [6.45, 7) is 2.18. The maximum Gasteiger partial charge on any atom is 0.291 e. The highest BCUT2D eigenvalue weighted by Gasteiger charge is 2.30. The Morgan fingerprint density at radius 2 is 1.81 bits per heavy atom. The number of rotatable bonds is 5. The number of carbonyl (C=O) groups excluding carboxylic acids is 3. The number of imidazole rings is 1. The molecule has 0 saturated heterocycles. The molecule has 0 unspecified atom stereocenters. The zero-order valence-corrected chi connectivity index (χ0v) is 15.2. The van der Waals surface area contributed by atoms with Crippen LogP contribution in [0.2, 0.25) is 0 Å². The van der Waals surface area contributed by atoms with Gasteiger partial charge in [-0.2, -0.15) is 0 Å². The predicted molar refractivity (Wildman–Crippen MR) is 100 cm³/mol. The van der Waals surface area contributed by atoms with E-state index in [-0.39, 0.29) is 29.5 Å². The molecule has 0 radical (unpaired) electrons. The van der Waals surface area contributed by atoms with Gasteiger partial charge < -0.3 is 15.2 Å². The van der Waals surface area contributed by atoms with Gasteiger partial charge in [0.2, 0.25) is 0 Å². The van der Waals surface area contributed by atoms with Gasteiger partial charge in [0.25, 0.3) is 11.8 Å². The predicted octanol–water partition coefficient (Wildman–Crippen LogP) is 2.57. The van der Waals surface area contributed by atoms with Gasteiger partial charge in [-0.15, -0.1) is 0 Å². The third kappa shape index (κ3) is 3.63. The first-order valence-corrected chi connectivity index (χ1v) is 9.35. The van der Waals surface area contributed by atoms with Gasteiger partial charge in [-0.3, -0.25) is 14.4 Å². The second kappa shape index (κ2) is 6.98. The van der Waals surface area contributed by atoms with Crippen molar-refractivity contribution in [1.29, 1.82) is 0 Å². The van der Waals surface area contributed by atoms with Crippen molar-refractivity contribution in [2.45, 2.75) is 51.6 Å². The molecule has 0 spiro atoms. The fourth-order valence-corrected chi connectivity index (χ4v) is 3.35. The first kappa shape index (κ1) is 17.5. The van der Waals surface area contributed by atoms with Crippen molar-refractivity contribution in [3.8, 4) is 0 Å². The van der Waals surface area contributed by atoms with Crippen molar-refractivity contribution in [2.24, 2.45) is 0 Å². The molecule has 140 valence electrons. The molecule has 1 aliphatic heterocycles. The van der Waals surface area contributed by atoms with Gasteiger partial charge in [-0.25, -0.2) is 4.98 Å². The molecule has 4 rings (SSSR count). The number of anilines is 1. The van der Waals surface area contributed by atoms with E-state index >= 15 is 0 Å². The number of hydrogen-bond donors (Lipinski definition) is 2. The normalized spacial score (nSPS) is 15.7. The summed E-state index contributed by atoms with van der Waals surface area (Å²) in [7, 11) is 0. The van der Waals surface area contributed by atoms with Crippen LogP contribution in [0.5, 0.6) is 0 Å². The second-order valence-electron chi connectivity index (χ2n) is 7.17. The third-order valence-corrected chi connectivity index (χ3v) is 5.00. The zero-order chi connectivity index (χ0) is 19.0. The molecule has 7 nitrogen and oxygen atoms in total. The van der Waals surface area contributed by atoms with Crippen molar-refractivity contribution in [2.75, 3.05) is 5.32 Å². The number of aromatic nitrogens is 2. The van der Waals surface area contributed by atoms with Crippen molar-refractivity contribution >= 4 is 23.3 Å². The highest BCUT2D eigenvalue weighted by Crippen LogP contribution is 2.24. The number of ketones is 1. The van der Waals surface area contributed by atoms with E-state index in [9.17, 15) is 14.4 Å². The van der Waals surface area contributed by atoms with Crippen LogP contribution in [0.4, 0.5) is 5.69 Å². The van der Waals surface area contributed by atoms with Crippen LogP contribution in [0.25, 0.3) is 0 Å². The van der Waals surface area contributed by atoms with Crippen LogP contribution < -0.4 is 10.6 Å². The Hall–Kier alpha value is -2.96. The van der Waals surface area contributed by atoms with Gasteiger partial charge in [-0.05, 0) is 63.3 Å². The molecule has 2 amide bonds. The minimum Gasteiger partial charge on any atom is -0.348 e. The molecule has 0 atom stereocenters. The summed E-state index contributed by atoms with van der Waals surface area (Å²) < 4.78 is 1.87. The number of nitrogens with one attached hydrogen (secondary N) is 2. The average Bonchev–Trinajstić information content (AvgIpc) is 3.38. The highest BCUT2D eigenvalue weighted by atomic mass is 16.2. The maximum atomic E-state index is 12.8. The lowest BCUT2D eigenvalue weighted by atomic mass is 10.1. The number of fused-ring (bicyclic) bond motifs is 1.